The molecule has 88 valence electrons. The van der Waals surface area contributed by atoms with Crippen molar-refractivity contribution >= 4 is 11.6 Å². The maximum Gasteiger partial charge on any atom is 0.141 e. The molecule has 1 aromatic carbocycles. The molecule has 4 heteroatoms. The van der Waals surface area contributed by atoms with Gasteiger partial charge in [0.15, 0.2) is 0 Å². The number of hydrogen-bond donors (Lipinski definition) is 1. The summed E-state index contributed by atoms with van der Waals surface area (Å²) in [6, 6.07) is 4.80. The van der Waals surface area contributed by atoms with Crippen LogP contribution >= 0.6 is 11.6 Å². The molecule has 0 aromatic heterocycles. The zero-order valence-corrected chi connectivity index (χ0v) is 9.63. The first kappa shape index (κ1) is 11.8. The number of aliphatic hydroxyl groups excluding tert-OH is 1. The van der Waals surface area contributed by atoms with Crippen molar-refractivity contribution in [3.05, 3.63) is 34.6 Å². The summed E-state index contributed by atoms with van der Waals surface area (Å²) in [4.78, 5) is 0. The average Bonchev–Trinajstić information content (AvgIpc) is 2.22. The molecule has 2 rings (SSSR count). The van der Waals surface area contributed by atoms with Gasteiger partial charge < -0.3 is 9.84 Å². The Labute approximate surface area is 99.0 Å². The van der Waals surface area contributed by atoms with Gasteiger partial charge in [-0.05, 0) is 30.5 Å². The number of benzene rings is 1. The minimum atomic E-state index is -0.400. The van der Waals surface area contributed by atoms with E-state index in [4.69, 9.17) is 21.4 Å². The van der Waals surface area contributed by atoms with Gasteiger partial charge in [-0.25, -0.2) is 4.39 Å². The minimum absolute atomic E-state index is 0.0833. The molecule has 1 fully saturated rings. The fourth-order valence-electron chi connectivity index (χ4n) is 2.05. The van der Waals surface area contributed by atoms with E-state index in [2.05, 4.69) is 0 Å². The molecule has 16 heavy (non-hydrogen) atoms. The molecule has 1 aliphatic rings. The average molecular weight is 245 g/mol. The molecule has 0 unspecified atom stereocenters. The summed E-state index contributed by atoms with van der Waals surface area (Å²) >= 11 is 5.77. The highest BCUT2D eigenvalue weighted by molar-refractivity contribution is 6.30. The van der Waals surface area contributed by atoms with Crippen LogP contribution in [0.3, 0.4) is 0 Å². The van der Waals surface area contributed by atoms with Crippen LogP contribution in [-0.2, 0) is 10.2 Å². The molecule has 0 spiro atoms. The van der Waals surface area contributed by atoms with Crippen molar-refractivity contribution in [2.75, 3.05) is 19.8 Å². The van der Waals surface area contributed by atoms with Gasteiger partial charge >= 0.3 is 0 Å². The van der Waals surface area contributed by atoms with Crippen molar-refractivity contribution in [2.45, 2.75) is 18.3 Å². The van der Waals surface area contributed by atoms with Gasteiger partial charge in [-0.3, -0.25) is 0 Å². The van der Waals surface area contributed by atoms with Crippen molar-refractivity contribution in [2.24, 2.45) is 0 Å². The lowest BCUT2D eigenvalue weighted by atomic mass is 9.75. The van der Waals surface area contributed by atoms with Crippen LogP contribution in [0.2, 0.25) is 5.02 Å². The SMILES string of the molecule is OCCCC1(c2ccc(F)c(Cl)c2)COC1. The van der Waals surface area contributed by atoms with Gasteiger partial charge in [-0.2, -0.15) is 0 Å². The van der Waals surface area contributed by atoms with Crippen LogP contribution in [0.4, 0.5) is 4.39 Å². The van der Waals surface area contributed by atoms with E-state index in [0.717, 1.165) is 18.4 Å². The van der Waals surface area contributed by atoms with Crippen molar-refractivity contribution in [3.8, 4) is 0 Å². The molecule has 1 saturated heterocycles. The second-order valence-corrected chi connectivity index (χ2v) is 4.64. The predicted molar refractivity (Wildman–Crippen MR) is 60.2 cm³/mol. The lowest BCUT2D eigenvalue weighted by molar-refractivity contribution is -0.0665. The molecule has 0 amide bonds. The Morgan fingerprint density at radius 1 is 1.44 bits per heavy atom. The molecule has 1 N–H and O–H groups in total. The fourth-order valence-corrected chi connectivity index (χ4v) is 2.23. The molecule has 0 saturated carbocycles. The third kappa shape index (κ3) is 2.08. The first-order chi connectivity index (χ1) is 7.68. The van der Waals surface area contributed by atoms with Crippen LogP contribution < -0.4 is 0 Å². The van der Waals surface area contributed by atoms with Crippen LogP contribution in [0.25, 0.3) is 0 Å². The van der Waals surface area contributed by atoms with Crippen LogP contribution in [0, 0.1) is 5.82 Å². The third-order valence-electron chi connectivity index (χ3n) is 3.10. The predicted octanol–water partition coefficient (Wildman–Crippen LogP) is 2.52. The highest BCUT2D eigenvalue weighted by atomic mass is 35.5. The Morgan fingerprint density at radius 2 is 2.19 bits per heavy atom. The highest BCUT2D eigenvalue weighted by Gasteiger charge is 2.39. The van der Waals surface area contributed by atoms with E-state index in [1.54, 1.807) is 12.1 Å². The van der Waals surface area contributed by atoms with Crippen LogP contribution in [0.1, 0.15) is 18.4 Å². The summed E-state index contributed by atoms with van der Waals surface area (Å²) in [5.74, 6) is -0.400. The van der Waals surface area contributed by atoms with E-state index < -0.39 is 5.82 Å². The molecule has 0 radical (unpaired) electrons. The van der Waals surface area contributed by atoms with E-state index in [0.29, 0.717) is 13.2 Å². The Balaban J connectivity index is 2.22. The second kappa shape index (κ2) is 4.70. The molecule has 1 aliphatic heterocycles. The van der Waals surface area contributed by atoms with E-state index in [-0.39, 0.29) is 17.0 Å². The van der Waals surface area contributed by atoms with Crippen molar-refractivity contribution < 1.29 is 14.2 Å². The molecule has 1 heterocycles. The van der Waals surface area contributed by atoms with Crippen molar-refractivity contribution in [1.82, 2.24) is 0 Å². The van der Waals surface area contributed by atoms with Crippen LogP contribution in [0.5, 0.6) is 0 Å². The molecule has 0 atom stereocenters. The fraction of sp³-hybridized carbons (Fsp3) is 0.500. The van der Waals surface area contributed by atoms with E-state index in [1.165, 1.54) is 6.07 Å². The maximum atomic E-state index is 13.1. The van der Waals surface area contributed by atoms with Crippen molar-refractivity contribution in [3.63, 3.8) is 0 Å². The molecule has 0 aliphatic carbocycles. The standard InChI is InChI=1S/C12H14ClFO2/c13-10-6-9(2-3-11(10)14)12(4-1-5-15)7-16-8-12/h2-3,6,15H,1,4-5,7-8H2. The summed E-state index contributed by atoms with van der Waals surface area (Å²) in [7, 11) is 0. The third-order valence-corrected chi connectivity index (χ3v) is 3.39. The quantitative estimate of drug-likeness (QED) is 0.882. The van der Waals surface area contributed by atoms with Gasteiger partial charge in [-0.15, -0.1) is 0 Å². The maximum absolute atomic E-state index is 13.1. The van der Waals surface area contributed by atoms with Gasteiger partial charge in [0, 0.05) is 12.0 Å². The highest BCUT2D eigenvalue weighted by Crippen LogP contribution is 2.38. The number of rotatable bonds is 4. The molecule has 1 aromatic rings. The zero-order chi connectivity index (χ0) is 11.6. The Kier molecular flexibility index (Phi) is 3.47. The topological polar surface area (TPSA) is 29.5 Å². The smallest absolute Gasteiger partial charge is 0.141 e. The Bertz CT molecular complexity index is 377. The van der Waals surface area contributed by atoms with Crippen LogP contribution in [-0.4, -0.2) is 24.9 Å². The van der Waals surface area contributed by atoms with E-state index >= 15 is 0 Å². The Morgan fingerprint density at radius 3 is 2.69 bits per heavy atom. The zero-order valence-electron chi connectivity index (χ0n) is 8.88. The number of halogens is 2. The second-order valence-electron chi connectivity index (χ2n) is 4.23. The Hall–Kier alpha value is -0.640. The molecular weight excluding hydrogens is 231 g/mol. The molecular formula is C12H14ClFO2. The molecule has 0 bridgehead atoms. The van der Waals surface area contributed by atoms with E-state index in [9.17, 15) is 4.39 Å². The van der Waals surface area contributed by atoms with Gasteiger partial charge in [0.2, 0.25) is 0 Å². The summed E-state index contributed by atoms with van der Waals surface area (Å²) in [6.07, 6.45) is 1.56. The first-order valence-electron chi connectivity index (χ1n) is 5.32. The molecule has 2 nitrogen and oxygen atoms in total. The van der Waals surface area contributed by atoms with Crippen molar-refractivity contribution in [1.29, 1.82) is 0 Å². The summed E-state index contributed by atoms with van der Waals surface area (Å²) in [5.41, 5.74) is 0.915. The van der Waals surface area contributed by atoms with Gasteiger partial charge in [-0.1, -0.05) is 17.7 Å². The lowest BCUT2D eigenvalue weighted by Crippen LogP contribution is -2.46. The first-order valence-corrected chi connectivity index (χ1v) is 5.70. The largest absolute Gasteiger partial charge is 0.396 e. The number of aliphatic hydroxyl groups is 1. The van der Waals surface area contributed by atoms with E-state index in [1.807, 2.05) is 0 Å². The normalized spacial score (nSPS) is 18.2. The monoisotopic (exact) mass is 244 g/mol. The number of ether oxygens (including phenoxy) is 1. The van der Waals surface area contributed by atoms with Gasteiger partial charge in [0.25, 0.3) is 0 Å². The number of hydrogen-bond acceptors (Lipinski definition) is 2. The summed E-state index contributed by atoms with van der Waals surface area (Å²) in [5, 5.41) is 9.01. The summed E-state index contributed by atoms with van der Waals surface area (Å²) in [6.45, 7) is 1.40. The minimum Gasteiger partial charge on any atom is -0.396 e. The van der Waals surface area contributed by atoms with Gasteiger partial charge in [0.05, 0.1) is 18.2 Å². The lowest BCUT2D eigenvalue weighted by Gasteiger charge is -2.42. The van der Waals surface area contributed by atoms with Crippen LogP contribution in [0.15, 0.2) is 18.2 Å². The van der Waals surface area contributed by atoms with Gasteiger partial charge in [0.1, 0.15) is 5.82 Å². The summed E-state index contributed by atoms with van der Waals surface area (Å²) < 4.78 is 18.3.